The van der Waals surface area contributed by atoms with E-state index in [1.165, 1.54) is 0 Å². The van der Waals surface area contributed by atoms with Gasteiger partial charge >= 0.3 is 0 Å². The molecule has 1 aliphatic rings. The summed E-state index contributed by atoms with van der Waals surface area (Å²) in [6.07, 6.45) is 2.33. The molecule has 0 aromatic heterocycles. The van der Waals surface area contributed by atoms with Crippen molar-refractivity contribution in [2.24, 2.45) is 0 Å². The van der Waals surface area contributed by atoms with Gasteiger partial charge < -0.3 is 14.8 Å². The summed E-state index contributed by atoms with van der Waals surface area (Å²) >= 11 is 11.9. The third-order valence-electron chi connectivity index (χ3n) is 3.05. The molecule has 6 heteroatoms. The first kappa shape index (κ1) is 15.6. The molecule has 1 aliphatic heterocycles. The van der Waals surface area contributed by atoms with Gasteiger partial charge in [0.05, 0.1) is 34.9 Å². The molecule has 1 heterocycles. The molecular weight excluding hydrogens is 301 g/mol. The molecule has 1 saturated heterocycles. The molecule has 4 nitrogen and oxygen atoms in total. The average Bonchev–Trinajstić information content (AvgIpc) is 2.91. The molecular formula is C14H17Cl2NO3. The third kappa shape index (κ3) is 4.35. The summed E-state index contributed by atoms with van der Waals surface area (Å²) in [5, 5.41) is 3.42. The number of nitrogens with one attached hydrogen (secondary N) is 1. The molecule has 1 amide bonds. The normalized spacial score (nSPS) is 18.2. The number of hydrogen-bond acceptors (Lipinski definition) is 3. The first-order valence-corrected chi connectivity index (χ1v) is 7.35. The SMILES string of the molecule is O=C(NCCOCC1CCCO1)c1c(Cl)cccc1Cl. The number of hydrogen-bond donors (Lipinski definition) is 1. The summed E-state index contributed by atoms with van der Waals surface area (Å²) in [5.74, 6) is -0.290. The van der Waals surface area contributed by atoms with E-state index >= 15 is 0 Å². The molecule has 1 unspecified atom stereocenters. The number of ether oxygens (including phenoxy) is 2. The van der Waals surface area contributed by atoms with Crippen molar-refractivity contribution in [2.45, 2.75) is 18.9 Å². The monoisotopic (exact) mass is 317 g/mol. The minimum atomic E-state index is -0.290. The Kier molecular flexibility index (Phi) is 6.10. The number of carbonyl (C=O) groups excluding carboxylic acids is 1. The molecule has 110 valence electrons. The van der Waals surface area contributed by atoms with Crippen molar-refractivity contribution in [3.8, 4) is 0 Å². The molecule has 1 N–H and O–H groups in total. The lowest BCUT2D eigenvalue weighted by atomic mass is 10.2. The maximum atomic E-state index is 11.9. The van der Waals surface area contributed by atoms with Crippen LogP contribution in [0.2, 0.25) is 10.0 Å². The molecule has 1 atom stereocenters. The van der Waals surface area contributed by atoms with Gasteiger partial charge in [0, 0.05) is 13.2 Å². The highest BCUT2D eigenvalue weighted by molar-refractivity contribution is 6.39. The first-order chi connectivity index (χ1) is 9.68. The van der Waals surface area contributed by atoms with Crippen LogP contribution in [0.4, 0.5) is 0 Å². The summed E-state index contributed by atoms with van der Waals surface area (Å²) in [6, 6.07) is 4.97. The van der Waals surface area contributed by atoms with Gasteiger partial charge in [0.1, 0.15) is 0 Å². The van der Waals surface area contributed by atoms with Crippen LogP contribution in [0.15, 0.2) is 18.2 Å². The highest BCUT2D eigenvalue weighted by atomic mass is 35.5. The number of halogens is 2. The highest BCUT2D eigenvalue weighted by Gasteiger charge is 2.16. The zero-order valence-electron chi connectivity index (χ0n) is 11.0. The maximum Gasteiger partial charge on any atom is 0.254 e. The van der Waals surface area contributed by atoms with Crippen LogP contribution in [0.1, 0.15) is 23.2 Å². The Balaban J connectivity index is 1.69. The average molecular weight is 318 g/mol. The topological polar surface area (TPSA) is 47.6 Å². The zero-order valence-corrected chi connectivity index (χ0v) is 12.5. The Labute approximate surface area is 128 Å². The fourth-order valence-corrected chi connectivity index (χ4v) is 2.60. The van der Waals surface area contributed by atoms with E-state index in [1.807, 2.05) is 0 Å². The fraction of sp³-hybridized carbons (Fsp3) is 0.500. The Bertz CT molecular complexity index is 441. The molecule has 1 aromatic carbocycles. The van der Waals surface area contributed by atoms with E-state index in [9.17, 15) is 4.79 Å². The van der Waals surface area contributed by atoms with Gasteiger partial charge in [-0.2, -0.15) is 0 Å². The van der Waals surface area contributed by atoms with Gasteiger partial charge in [-0.3, -0.25) is 4.79 Å². The van der Waals surface area contributed by atoms with Gasteiger partial charge in [-0.25, -0.2) is 0 Å². The van der Waals surface area contributed by atoms with Crippen LogP contribution in [0.5, 0.6) is 0 Å². The largest absolute Gasteiger partial charge is 0.377 e. The number of amides is 1. The third-order valence-corrected chi connectivity index (χ3v) is 3.68. The summed E-state index contributed by atoms with van der Waals surface area (Å²) in [5.41, 5.74) is 0.301. The van der Waals surface area contributed by atoms with E-state index in [2.05, 4.69) is 5.32 Å². The van der Waals surface area contributed by atoms with E-state index < -0.39 is 0 Å². The zero-order chi connectivity index (χ0) is 14.4. The molecule has 0 spiro atoms. The second-order valence-corrected chi connectivity index (χ2v) is 5.38. The molecule has 0 aliphatic carbocycles. The highest BCUT2D eigenvalue weighted by Crippen LogP contribution is 2.23. The number of rotatable bonds is 6. The lowest BCUT2D eigenvalue weighted by Crippen LogP contribution is -2.28. The van der Waals surface area contributed by atoms with E-state index in [0.29, 0.717) is 35.4 Å². The van der Waals surface area contributed by atoms with Crippen molar-refractivity contribution in [3.05, 3.63) is 33.8 Å². The molecule has 1 aromatic rings. The van der Waals surface area contributed by atoms with Gasteiger partial charge in [0.25, 0.3) is 5.91 Å². The molecule has 0 saturated carbocycles. The number of benzene rings is 1. The minimum Gasteiger partial charge on any atom is -0.377 e. The van der Waals surface area contributed by atoms with Crippen LogP contribution in [0, 0.1) is 0 Å². The van der Waals surface area contributed by atoms with Crippen molar-refractivity contribution in [1.29, 1.82) is 0 Å². The van der Waals surface area contributed by atoms with Crippen LogP contribution in [-0.4, -0.2) is 38.4 Å². The van der Waals surface area contributed by atoms with Gasteiger partial charge in [0.15, 0.2) is 0 Å². The predicted octanol–water partition coefficient (Wildman–Crippen LogP) is 2.92. The molecule has 0 bridgehead atoms. The van der Waals surface area contributed by atoms with Crippen LogP contribution in [-0.2, 0) is 9.47 Å². The predicted molar refractivity (Wildman–Crippen MR) is 78.6 cm³/mol. The van der Waals surface area contributed by atoms with Gasteiger partial charge in [0.2, 0.25) is 0 Å². The van der Waals surface area contributed by atoms with Crippen LogP contribution >= 0.6 is 23.2 Å². The van der Waals surface area contributed by atoms with Crippen molar-refractivity contribution in [1.82, 2.24) is 5.32 Å². The Hall–Kier alpha value is -0.810. The van der Waals surface area contributed by atoms with Gasteiger partial charge in [-0.05, 0) is 25.0 Å². The van der Waals surface area contributed by atoms with E-state index in [4.69, 9.17) is 32.7 Å². The van der Waals surface area contributed by atoms with Crippen molar-refractivity contribution >= 4 is 29.1 Å². The van der Waals surface area contributed by atoms with Crippen LogP contribution in [0.3, 0.4) is 0 Å². The van der Waals surface area contributed by atoms with Gasteiger partial charge in [-0.15, -0.1) is 0 Å². The quantitative estimate of drug-likeness (QED) is 0.821. The summed E-state index contributed by atoms with van der Waals surface area (Å²) in [7, 11) is 0. The number of carbonyl (C=O) groups is 1. The summed E-state index contributed by atoms with van der Waals surface area (Å²) in [4.78, 5) is 11.9. The Morgan fingerprint density at radius 3 is 2.80 bits per heavy atom. The first-order valence-electron chi connectivity index (χ1n) is 6.60. The molecule has 2 rings (SSSR count). The van der Waals surface area contributed by atoms with Crippen molar-refractivity contribution in [3.63, 3.8) is 0 Å². The van der Waals surface area contributed by atoms with E-state index in [0.717, 1.165) is 19.4 Å². The summed E-state index contributed by atoms with van der Waals surface area (Å²) in [6.45, 7) is 2.24. The molecule has 20 heavy (non-hydrogen) atoms. The maximum absolute atomic E-state index is 11.9. The lowest BCUT2D eigenvalue weighted by Gasteiger charge is -2.11. The van der Waals surface area contributed by atoms with Crippen LogP contribution in [0.25, 0.3) is 0 Å². The molecule has 0 radical (unpaired) electrons. The Morgan fingerprint density at radius 2 is 2.15 bits per heavy atom. The smallest absolute Gasteiger partial charge is 0.254 e. The van der Waals surface area contributed by atoms with Crippen molar-refractivity contribution < 1.29 is 14.3 Å². The second-order valence-electron chi connectivity index (χ2n) is 4.56. The van der Waals surface area contributed by atoms with E-state index in [1.54, 1.807) is 18.2 Å². The minimum absolute atomic E-state index is 0.198. The fourth-order valence-electron chi connectivity index (χ4n) is 2.03. The summed E-state index contributed by atoms with van der Waals surface area (Å²) < 4.78 is 10.9. The standard InChI is InChI=1S/C14H17Cl2NO3/c15-11-4-1-5-12(16)13(11)14(18)17-6-8-19-9-10-3-2-7-20-10/h1,4-5,10H,2-3,6-9H2,(H,17,18). The lowest BCUT2D eigenvalue weighted by molar-refractivity contribution is 0.0183. The second kappa shape index (κ2) is 7.84. The Morgan fingerprint density at radius 1 is 1.40 bits per heavy atom. The van der Waals surface area contributed by atoms with Crippen molar-refractivity contribution in [2.75, 3.05) is 26.4 Å². The molecule has 1 fully saturated rings. The van der Waals surface area contributed by atoms with Gasteiger partial charge in [-0.1, -0.05) is 29.3 Å². The van der Waals surface area contributed by atoms with E-state index in [-0.39, 0.29) is 12.0 Å². The van der Waals surface area contributed by atoms with Crippen LogP contribution < -0.4 is 5.32 Å².